The van der Waals surface area contributed by atoms with E-state index >= 15 is 0 Å². The number of fused-ring (bicyclic) bond motifs is 1. The molecule has 0 saturated heterocycles. The molecule has 1 N–H and O–H groups in total. The van der Waals surface area contributed by atoms with Crippen LogP contribution in [-0.2, 0) is 13.1 Å². The quantitative estimate of drug-likeness (QED) is 0.776. The number of nitriles is 1. The van der Waals surface area contributed by atoms with E-state index < -0.39 is 0 Å². The molecule has 1 aromatic heterocycles. The molecule has 0 fully saturated rings. The van der Waals surface area contributed by atoms with Crippen LogP contribution >= 0.6 is 0 Å². The lowest BCUT2D eigenvalue weighted by Gasteiger charge is -2.11. The standard InChI is InChI=1S/C20H18N4O2/c1-12(2)25-18-7-6-13(8-15(18)9-21)20-23-19(24-26-20)16-5-3-4-14-10-22-11-17(14)16/h3-8,12,22H,10-11H2,1-2H3. The average Bonchev–Trinajstić information content (AvgIpc) is 3.30. The SMILES string of the molecule is CC(C)Oc1ccc(-c2nc(-c3cccc4c3CNC4)no2)cc1C#N. The van der Waals surface area contributed by atoms with Crippen LogP contribution in [0.15, 0.2) is 40.9 Å². The van der Waals surface area contributed by atoms with Gasteiger partial charge in [0.15, 0.2) is 0 Å². The Bertz CT molecular complexity index is 1000. The van der Waals surface area contributed by atoms with Crippen LogP contribution in [0.4, 0.5) is 0 Å². The third-order valence-electron chi connectivity index (χ3n) is 4.27. The second-order valence-electron chi connectivity index (χ2n) is 6.46. The number of rotatable bonds is 4. The highest BCUT2D eigenvalue weighted by Gasteiger charge is 2.19. The minimum Gasteiger partial charge on any atom is -0.490 e. The van der Waals surface area contributed by atoms with Gasteiger partial charge < -0.3 is 14.6 Å². The smallest absolute Gasteiger partial charge is 0.258 e. The summed E-state index contributed by atoms with van der Waals surface area (Å²) >= 11 is 0. The Morgan fingerprint density at radius 2 is 2.12 bits per heavy atom. The highest BCUT2D eigenvalue weighted by atomic mass is 16.5. The molecule has 0 radical (unpaired) electrons. The third-order valence-corrected chi connectivity index (χ3v) is 4.27. The molecule has 4 rings (SSSR count). The summed E-state index contributed by atoms with van der Waals surface area (Å²) in [5.41, 5.74) is 4.58. The predicted molar refractivity (Wildman–Crippen MR) is 96.2 cm³/mol. The monoisotopic (exact) mass is 346 g/mol. The van der Waals surface area contributed by atoms with Gasteiger partial charge in [0.25, 0.3) is 5.89 Å². The molecule has 2 aromatic carbocycles. The van der Waals surface area contributed by atoms with E-state index in [0.717, 1.165) is 18.7 Å². The molecule has 1 aliphatic rings. The van der Waals surface area contributed by atoms with Gasteiger partial charge >= 0.3 is 0 Å². The van der Waals surface area contributed by atoms with E-state index in [-0.39, 0.29) is 6.10 Å². The van der Waals surface area contributed by atoms with Gasteiger partial charge in [0, 0.05) is 24.2 Å². The van der Waals surface area contributed by atoms with E-state index in [0.29, 0.717) is 28.6 Å². The van der Waals surface area contributed by atoms with Gasteiger partial charge in [-0.2, -0.15) is 10.2 Å². The molecule has 1 aliphatic heterocycles. The van der Waals surface area contributed by atoms with Crippen LogP contribution in [0.2, 0.25) is 0 Å². The first-order valence-corrected chi connectivity index (χ1v) is 8.52. The fourth-order valence-electron chi connectivity index (χ4n) is 3.10. The van der Waals surface area contributed by atoms with Crippen LogP contribution in [0.3, 0.4) is 0 Å². The summed E-state index contributed by atoms with van der Waals surface area (Å²) < 4.78 is 11.1. The zero-order valence-electron chi connectivity index (χ0n) is 14.6. The predicted octanol–water partition coefficient (Wildman–Crippen LogP) is 3.67. The molecule has 0 saturated carbocycles. The van der Waals surface area contributed by atoms with Crippen molar-refractivity contribution in [2.24, 2.45) is 0 Å². The van der Waals surface area contributed by atoms with Crippen molar-refractivity contribution in [2.75, 3.05) is 0 Å². The number of nitrogens with zero attached hydrogens (tertiary/aromatic N) is 3. The fraction of sp³-hybridized carbons (Fsp3) is 0.250. The summed E-state index contributed by atoms with van der Waals surface area (Å²) in [7, 11) is 0. The van der Waals surface area contributed by atoms with E-state index in [1.807, 2.05) is 32.0 Å². The summed E-state index contributed by atoms with van der Waals surface area (Å²) in [5, 5.41) is 16.9. The van der Waals surface area contributed by atoms with Gasteiger partial charge in [-0.05, 0) is 43.2 Å². The molecule has 0 spiro atoms. The second kappa shape index (κ2) is 6.62. The molecular weight excluding hydrogens is 328 g/mol. The lowest BCUT2D eigenvalue weighted by Crippen LogP contribution is -2.06. The zero-order valence-corrected chi connectivity index (χ0v) is 14.6. The Balaban J connectivity index is 1.69. The lowest BCUT2D eigenvalue weighted by molar-refractivity contribution is 0.242. The van der Waals surface area contributed by atoms with Gasteiger partial charge in [0.1, 0.15) is 11.8 Å². The van der Waals surface area contributed by atoms with Crippen LogP contribution in [0.25, 0.3) is 22.8 Å². The van der Waals surface area contributed by atoms with Gasteiger partial charge in [-0.3, -0.25) is 0 Å². The molecule has 3 aromatic rings. The van der Waals surface area contributed by atoms with E-state index in [2.05, 4.69) is 27.6 Å². The summed E-state index contributed by atoms with van der Waals surface area (Å²) in [4.78, 5) is 4.54. The van der Waals surface area contributed by atoms with Crippen molar-refractivity contribution in [3.05, 3.63) is 53.1 Å². The molecule has 0 aliphatic carbocycles. The number of aromatic nitrogens is 2. The highest BCUT2D eigenvalue weighted by Crippen LogP contribution is 2.30. The molecule has 0 bridgehead atoms. The van der Waals surface area contributed by atoms with E-state index in [1.165, 1.54) is 11.1 Å². The second-order valence-corrected chi connectivity index (χ2v) is 6.46. The van der Waals surface area contributed by atoms with Crippen molar-refractivity contribution >= 4 is 0 Å². The molecule has 26 heavy (non-hydrogen) atoms. The third kappa shape index (κ3) is 2.93. The molecule has 0 amide bonds. The maximum atomic E-state index is 9.39. The summed E-state index contributed by atoms with van der Waals surface area (Å²) in [5.74, 6) is 1.50. The normalized spacial score (nSPS) is 12.8. The van der Waals surface area contributed by atoms with Crippen LogP contribution in [0.1, 0.15) is 30.5 Å². The number of hydrogen-bond donors (Lipinski definition) is 1. The Morgan fingerprint density at radius 1 is 1.23 bits per heavy atom. The van der Waals surface area contributed by atoms with Crippen LogP contribution in [-0.4, -0.2) is 16.2 Å². The van der Waals surface area contributed by atoms with Gasteiger partial charge in [0.05, 0.1) is 11.7 Å². The first-order valence-electron chi connectivity index (χ1n) is 8.52. The highest BCUT2D eigenvalue weighted by molar-refractivity contribution is 5.66. The molecule has 0 atom stereocenters. The summed E-state index contributed by atoms with van der Waals surface area (Å²) in [6.07, 6.45) is -0.00302. The number of ether oxygens (including phenoxy) is 1. The van der Waals surface area contributed by atoms with Crippen molar-refractivity contribution in [1.29, 1.82) is 5.26 Å². The molecule has 6 nitrogen and oxygen atoms in total. The van der Waals surface area contributed by atoms with Gasteiger partial charge in [-0.1, -0.05) is 23.4 Å². The van der Waals surface area contributed by atoms with Crippen molar-refractivity contribution in [3.8, 4) is 34.7 Å². The first kappa shape index (κ1) is 16.3. The maximum absolute atomic E-state index is 9.39. The van der Waals surface area contributed by atoms with Crippen LogP contribution in [0, 0.1) is 11.3 Å². The Kier molecular flexibility index (Phi) is 4.15. The molecule has 130 valence electrons. The first-order chi connectivity index (χ1) is 12.7. The van der Waals surface area contributed by atoms with Crippen LogP contribution < -0.4 is 10.1 Å². The van der Waals surface area contributed by atoms with Crippen molar-refractivity contribution in [1.82, 2.24) is 15.5 Å². The summed E-state index contributed by atoms with van der Waals surface area (Å²) in [6.45, 7) is 5.50. The number of nitrogens with one attached hydrogen (secondary N) is 1. The number of benzene rings is 2. The maximum Gasteiger partial charge on any atom is 0.258 e. The molecule has 0 unspecified atom stereocenters. The Labute approximate surface area is 151 Å². The summed E-state index contributed by atoms with van der Waals surface area (Å²) in [6, 6.07) is 13.6. The van der Waals surface area contributed by atoms with E-state index in [9.17, 15) is 5.26 Å². The molecule has 2 heterocycles. The minimum atomic E-state index is -0.00302. The zero-order chi connectivity index (χ0) is 18.1. The van der Waals surface area contributed by atoms with Gasteiger partial charge in [-0.15, -0.1) is 0 Å². The fourth-order valence-corrected chi connectivity index (χ4v) is 3.10. The average molecular weight is 346 g/mol. The van der Waals surface area contributed by atoms with E-state index in [4.69, 9.17) is 9.26 Å². The number of hydrogen-bond acceptors (Lipinski definition) is 6. The minimum absolute atomic E-state index is 0.00302. The Morgan fingerprint density at radius 3 is 2.92 bits per heavy atom. The topological polar surface area (TPSA) is 84.0 Å². The molecule has 6 heteroatoms. The molecular formula is C20H18N4O2. The van der Waals surface area contributed by atoms with Crippen molar-refractivity contribution < 1.29 is 9.26 Å². The largest absolute Gasteiger partial charge is 0.490 e. The van der Waals surface area contributed by atoms with Crippen molar-refractivity contribution in [3.63, 3.8) is 0 Å². The van der Waals surface area contributed by atoms with Gasteiger partial charge in [0.2, 0.25) is 5.82 Å². The lowest BCUT2D eigenvalue weighted by atomic mass is 10.0. The van der Waals surface area contributed by atoms with Crippen molar-refractivity contribution in [2.45, 2.75) is 33.0 Å². The van der Waals surface area contributed by atoms with E-state index in [1.54, 1.807) is 12.1 Å². The van der Waals surface area contributed by atoms with Gasteiger partial charge in [-0.25, -0.2) is 0 Å². The van der Waals surface area contributed by atoms with Crippen LogP contribution in [0.5, 0.6) is 5.75 Å². The Hall–Kier alpha value is -3.17.